The first kappa shape index (κ1) is 27.5. The Kier molecular flexibility index (Phi) is 8.90. The van der Waals surface area contributed by atoms with E-state index in [0.29, 0.717) is 43.6 Å². The summed E-state index contributed by atoms with van der Waals surface area (Å²) in [5, 5.41) is 15.2. The molecule has 38 heavy (non-hydrogen) atoms. The minimum atomic E-state index is -1.16. The molecule has 0 aromatic carbocycles. The maximum absolute atomic E-state index is 13.5. The summed E-state index contributed by atoms with van der Waals surface area (Å²) in [4.78, 5) is 48.8. The van der Waals surface area contributed by atoms with Crippen LogP contribution in [0.15, 0.2) is 34.6 Å². The van der Waals surface area contributed by atoms with E-state index < -0.39 is 5.97 Å². The number of amides is 1. The molecule has 1 atom stereocenters. The number of nitrogens with one attached hydrogen (secondary N) is 1. The molecule has 0 spiro atoms. The second-order valence-corrected chi connectivity index (χ2v) is 10.7. The van der Waals surface area contributed by atoms with Crippen LogP contribution in [0.4, 0.5) is 5.82 Å². The third kappa shape index (κ3) is 6.46. The Balaban J connectivity index is 1.66. The molecule has 11 heteroatoms. The second-order valence-electron chi connectivity index (χ2n) is 9.77. The molecular formula is C27H34N6O4S. The van der Waals surface area contributed by atoms with Crippen LogP contribution in [0, 0.1) is 5.92 Å². The lowest BCUT2D eigenvalue weighted by molar-refractivity contribution is -0.131. The van der Waals surface area contributed by atoms with Gasteiger partial charge in [0.05, 0.1) is 22.2 Å². The van der Waals surface area contributed by atoms with Crippen molar-refractivity contribution < 1.29 is 14.7 Å². The molecule has 1 unspecified atom stereocenters. The van der Waals surface area contributed by atoms with Crippen molar-refractivity contribution in [2.45, 2.75) is 45.4 Å². The molecule has 1 amide bonds. The van der Waals surface area contributed by atoms with Crippen LogP contribution in [0.1, 0.15) is 54.4 Å². The molecular weight excluding hydrogens is 504 g/mol. The van der Waals surface area contributed by atoms with Crippen molar-refractivity contribution in [3.8, 4) is 0 Å². The van der Waals surface area contributed by atoms with Gasteiger partial charge in [-0.1, -0.05) is 13.8 Å². The number of aryl methyl sites for hydroxylation is 2. The topological polar surface area (TPSA) is 143 Å². The number of piperidine rings is 1. The first-order chi connectivity index (χ1) is 18.3. The Hall–Kier alpha value is -3.57. The molecule has 0 saturated carbocycles. The number of aromatic nitrogens is 3. The summed E-state index contributed by atoms with van der Waals surface area (Å²) in [7, 11) is 0. The fourth-order valence-electron chi connectivity index (χ4n) is 4.56. The summed E-state index contributed by atoms with van der Waals surface area (Å²) in [5.41, 5.74) is 7.95. The third-order valence-corrected chi connectivity index (χ3v) is 7.55. The number of carboxylic acid groups (broad SMARTS) is 1. The lowest BCUT2D eigenvalue weighted by Crippen LogP contribution is -2.45. The van der Waals surface area contributed by atoms with Crippen molar-refractivity contribution in [2.24, 2.45) is 11.7 Å². The summed E-state index contributed by atoms with van der Waals surface area (Å²) in [6, 6.07) is 3.78. The van der Waals surface area contributed by atoms with Gasteiger partial charge in [-0.3, -0.25) is 14.0 Å². The van der Waals surface area contributed by atoms with Crippen molar-refractivity contribution in [2.75, 3.05) is 31.1 Å². The zero-order chi connectivity index (χ0) is 27.2. The van der Waals surface area contributed by atoms with Crippen molar-refractivity contribution in [3.63, 3.8) is 0 Å². The molecule has 4 N–H and O–H groups in total. The molecule has 202 valence electrons. The van der Waals surface area contributed by atoms with Gasteiger partial charge < -0.3 is 21.1 Å². The Labute approximate surface area is 225 Å². The Morgan fingerprint density at radius 1 is 1.32 bits per heavy atom. The van der Waals surface area contributed by atoms with E-state index in [4.69, 9.17) is 15.7 Å². The van der Waals surface area contributed by atoms with Crippen molar-refractivity contribution in [1.29, 1.82) is 0 Å². The smallest absolute Gasteiger partial charge is 0.328 e. The second kappa shape index (κ2) is 12.3. The van der Waals surface area contributed by atoms with Gasteiger partial charge >= 0.3 is 5.97 Å². The molecule has 0 bridgehead atoms. The van der Waals surface area contributed by atoms with E-state index in [1.165, 1.54) is 10.5 Å². The standard InChI is InChI=1S/C27H34N6O4S/c1-17(2)21-16-38-23(30-21)7-5-18-9-13-33-22(14-18)31-25(20(27(33)37)6-8-24(34)35)32-12-3-4-19(15-32)26(36)29-11-10-28/h6,8-9,13-14,16-17,19H,3-5,7,10-12,15,28H2,1-2H3,(H,29,36)(H,34,35)/b8-6+. The van der Waals surface area contributed by atoms with Crippen LogP contribution in [0.25, 0.3) is 11.7 Å². The number of hydrogen-bond donors (Lipinski definition) is 3. The highest BCUT2D eigenvalue weighted by Gasteiger charge is 2.28. The SMILES string of the molecule is CC(C)c1csc(CCc2ccn3c(=O)c(/C=C/C(=O)O)c(N4CCCC(C(=O)NCCN)C4)nc3c2)n1. The average Bonchev–Trinajstić information content (AvgIpc) is 3.39. The number of carbonyl (C=O) groups excluding carboxylic acids is 1. The molecule has 10 nitrogen and oxygen atoms in total. The van der Waals surface area contributed by atoms with Crippen molar-refractivity contribution in [3.05, 3.63) is 62.0 Å². The van der Waals surface area contributed by atoms with Gasteiger partial charge in [-0.05, 0) is 49.0 Å². The van der Waals surface area contributed by atoms with Gasteiger partial charge in [-0.15, -0.1) is 11.3 Å². The third-order valence-electron chi connectivity index (χ3n) is 6.63. The first-order valence-electron chi connectivity index (χ1n) is 12.9. The normalized spacial score (nSPS) is 16.0. The van der Waals surface area contributed by atoms with Gasteiger partial charge in [0.2, 0.25) is 5.91 Å². The van der Waals surface area contributed by atoms with E-state index in [9.17, 15) is 19.5 Å². The fraction of sp³-hybridized carbons (Fsp3) is 0.444. The van der Waals surface area contributed by atoms with Gasteiger partial charge in [0.15, 0.2) is 0 Å². The number of anilines is 1. The van der Waals surface area contributed by atoms with Crippen LogP contribution < -0.4 is 21.5 Å². The van der Waals surface area contributed by atoms with Crippen LogP contribution in [0.3, 0.4) is 0 Å². The number of carbonyl (C=O) groups is 2. The van der Waals surface area contributed by atoms with E-state index in [1.54, 1.807) is 17.5 Å². The number of pyridine rings is 1. The van der Waals surface area contributed by atoms with Crippen LogP contribution in [0.5, 0.6) is 0 Å². The lowest BCUT2D eigenvalue weighted by atomic mass is 9.96. The largest absolute Gasteiger partial charge is 0.478 e. The predicted octanol–water partition coefficient (Wildman–Crippen LogP) is 2.45. The summed E-state index contributed by atoms with van der Waals surface area (Å²) in [6.07, 6.45) is 6.92. The quantitative estimate of drug-likeness (QED) is 0.334. The number of rotatable bonds is 10. The van der Waals surface area contributed by atoms with Gasteiger partial charge in [0, 0.05) is 50.3 Å². The first-order valence-corrected chi connectivity index (χ1v) is 13.8. The molecule has 1 saturated heterocycles. The minimum absolute atomic E-state index is 0.0783. The van der Waals surface area contributed by atoms with E-state index >= 15 is 0 Å². The van der Waals surface area contributed by atoms with Gasteiger partial charge in [-0.2, -0.15) is 0 Å². The molecule has 3 aromatic heterocycles. The molecule has 4 heterocycles. The summed E-state index contributed by atoms with van der Waals surface area (Å²) in [6.45, 7) is 6.01. The fourth-order valence-corrected chi connectivity index (χ4v) is 5.52. The summed E-state index contributed by atoms with van der Waals surface area (Å²) < 4.78 is 1.43. The monoisotopic (exact) mass is 538 g/mol. The molecule has 0 radical (unpaired) electrons. The predicted molar refractivity (Wildman–Crippen MR) is 149 cm³/mol. The minimum Gasteiger partial charge on any atom is -0.478 e. The van der Waals surface area contributed by atoms with Gasteiger partial charge in [0.1, 0.15) is 11.5 Å². The number of nitrogens with zero attached hydrogens (tertiary/aromatic N) is 4. The number of carboxylic acids is 1. The number of aliphatic carboxylic acids is 1. The highest BCUT2D eigenvalue weighted by atomic mass is 32.1. The molecule has 3 aromatic rings. The van der Waals surface area contributed by atoms with E-state index in [1.807, 2.05) is 17.0 Å². The molecule has 1 aliphatic heterocycles. The van der Waals surface area contributed by atoms with Crippen molar-refractivity contribution >= 4 is 40.8 Å². The Morgan fingerprint density at radius 3 is 2.84 bits per heavy atom. The highest BCUT2D eigenvalue weighted by molar-refractivity contribution is 7.09. The average molecular weight is 539 g/mol. The molecule has 1 aliphatic rings. The number of nitrogens with two attached hydrogens (primary N) is 1. The van der Waals surface area contributed by atoms with Crippen LogP contribution >= 0.6 is 11.3 Å². The molecule has 4 rings (SSSR count). The number of fused-ring (bicyclic) bond motifs is 1. The van der Waals surface area contributed by atoms with E-state index in [2.05, 4.69) is 24.5 Å². The van der Waals surface area contributed by atoms with E-state index in [0.717, 1.165) is 48.0 Å². The van der Waals surface area contributed by atoms with Crippen LogP contribution in [-0.2, 0) is 22.4 Å². The van der Waals surface area contributed by atoms with Crippen molar-refractivity contribution in [1.82, 2.24) is 19.7 Å². The molecule has 1 fully saturated rings. The van der Waals surface area contributed by atoms with Crippen LogP contribution in [-0.4, -0.2) is 57.5 Å². The highest BCUT2D eigenvalue weighted by Crippen LogP contribution is 2.26. The molecule has 0 aliphatic carbocycles. The van der Waals surface area contributed by atoms with Gasteiger partial charge in [0.25, 0.3) is 5.56 Å². The maximum Gasteiger partial charge on any atom is 0.328 e. The Bertz CT molecular complexity index is 1400. The van der Waals surface area contributed by atoms with E-state index in [-0.39, 0.29) is 22.9 Å². The maximum atomic E-state index is 13.5. The van der Waals surface area contributed by atoms with Crippen LogP contribution in [0.2, 0.25) is 0 Å². The zero-order valence-corrected chi connectivity index (χ0v) is 22.5. The number of thiazole rings is 1. The van der Waals surface area contributed by atoms with Gasteiger partial charge in [-0.25, -0.2) is 14.8 Å². The lowest BCUT2D eigenvalue weighted by Gasteiger charge is -2.33. The zero-order valence-electron chi connectivity index (χ0n) is 21.7. The Morgan fingerprint density at radius 2 is 2.13 bits per heavy atom. The summed E-state index contributed by atoms with van der Waals surface area (Å²) in [5.74, 6) is -0.725. The summed E-state index contributed by atoms with van der Waals surface area (Å²) >= 11 is 1.66. The number of hydrogen-bond acceptors (Lipinski definition) is 8.